The van der Waals surface area contributed by atoms with Gasteiger partial charge in [0.2, 0.25) is 5.91 Å². The van der Waals surface area contributed by atoms with Crippen LogP contribution >= 0.6 is 0 Å². The highest BCUT2D eigenvalue weighted by Gasteiger charge is 2.49. The Morgan fingerprint density at radius 2 is 2.29 bits per heavy atom. The molecule has 92 valence electrons. The molecule has 0 aromatic carbocycles. The maximum Gasteiger partial charge on any atom is 0.230 e. The molecule has 0 saturated heterocycles. The number of nitrogens with two attached hydrogens (primary N) is 1. The van der Waals surface area contributed by atoms with Crippen LogP contribution in [-0.4, -0.2) is 22.1 Å². The SMILES string of the molecule is Cc1cn[nH]c1NC(=O)C1C2CCC(C2)C1N. The molecule has 4 unspecified atom stereocenters. The summed E-state index contributed by atoms with van der Waals surface area (Å²) in [6.07, 6.45) is 5.18. The first-order valence-electron chi connectivity index (χ1n) is 6.23. The van der Waals surface area contributed by atoms with Crippen molar-refractivity contribution in [3.8, 4) is 0 Å². The predicted molar refractivity (Wildman–Crippen MR) is 64.3 cm³/mol. The van der Waals surface area contributed by atoms with Crippen molar-refractivity contribution in [3.63, 3.8) is 0 Å². The number of nitrogens with zero attached hydrogens (tertiary/aromatic N) is 1. The van der Waals surface area contributed by atoms with Gasteiger partial charge in [0, 0.05) is 11.6 Å². The number of hydrogen-bond acceptors (Lipinski definition) is 3. The molecule has 2 saturated carbocycles. The van der Waals surface area contributed by atoms with Gasteiger partial charge in [-0.25, -0.2) is 0 Å². The van der Waals surface area contributed by atoms with E-state index in [-0.39, 0.29) is 17.9 Å². The topological polar surface area (TPSA) is 83.8 Å². The summed E-state index contributed by atoms with van der Waals surface area (Å²) >= 11 is 0. The minimum atomic E-state index is -0.0172. The molecule has 17 heavy (non-hydrogen) atoms. The van der Waals surface area contributed by atoms with Crippen LogP contribution in [0.25, 0.3) is 0 Å². The number of rotatable bonds is 2. The Bertz CT molecular complexity index is 439. The fourth-order valence-electron chi connectivity index (χ4n) is 3.40. The molecule has 0 spiro atoms. The van der Waals surface area contributed by atoms with Crippen molar-refractivity contribution in [2.75, 3.05) is 5.32 Å². The third-order valence-electron chi connectivity index (χ3n) is 4.36. The van der Waals surface area contributed by atoms with Crippen LogP contribution in [0, 0.1) is 24.7 Å². The van der Waals surface area contributed by atoms with Crippen LogP contribution in [0.5, 0.6) is 0 Å². The van der Waals surface area contributed by atoms with Crippen molar-refractivity contribution in [2.24, 2.45) is 23.5 Å². The zero-order chi connectivity index (χ0) is 12.0. The first-order chi connectivity index (χ1) is 8.16. The lowest BCUT2D eigenvalue weighted by Crippen LogP contribution is -2.42. The van der Waals surface area contributed by atoms with Gasteiger partial charge in [-0.3, -0.25) is 9.89 Å². The highest BCUT2D eigenvalue weighted by Crippen LogP contribution is 2.47. The zero-order valence-electron chi connectivity index (χ0n) is 9.94. The Balaban J connectivity index is 1.73. The van der Waals surface area contributed by atoms with Crippen LogP contribution in [0.15, 0.2) is 6.20 Å². The average Bonchev–Trinajstić information content (AvgIpc) is 2.95. The molecule has 5 heteroatoms. The second kappa shape index (κ2) is 3.84. The predicted octanol–water partition coefficient (Wildman–Crippen LogP) is 1.03. The van der Waals surface area contributed by atoms with Crippen molar-refractivity contribution in [1.29, 1.82) is 0 Å². The van der Waals surface area contributed by atoms with E-state index in [1.54, 1.807) is 6.20 Å². The van der Waals surface area contributed by atoms with E-state index in [9.17, 15) is 4.79 Å². The van der Waals surface area contributed by atoms with Gasteiger partial charge in [0.25, 0.3) is 0 Å². The van der Waals surface area contributed by atoms with Gasteiger partial charge in [-0.1, -0.05) is 0 Å². The van der Waals surface area contributed by atoms with E-state index in [1.807, 2.05) is 6.92 Å². The Labute approximate surface area is 100 Å². The summed E-state index contributed by atoms with van der Waals surface area (Å²) in [4.78, 5) is 12.2. The fraction of sp³-hybridized carbons (Fsp3) is 0.667. The molecule has 1 amide bonds. The second-order valence-corrected chi connectivity index (χ2v) is 5.35. The Hall–Kier alpha value is -1.36. The molecule has 1 aromatic rings. The number of H-pyrrole nitrogens is 1. The maximum atomic E-state index is 12.2. The highest BCUT2D eigenvalue weighted by atomic mass is 16.2. The van der Waals surface area contributed by atoms with Gasteiger partial charge in [0.1, 0.15) is 5.82 Å². The Morgan fingerprint density at radius 1 is 1.53 bits per heavy atom. The lowest BCUT2D eigenvalue weighted by molar-refractivity contribution is -0.121. The van der Waals surface area contributed by atoms with Gasteiger partial charge < -0.3 is 11.1 Å². The van der Waals surface area contributed by atoms with Crippen molar-refractivity contribution in [1.82, 2.24) is 10.2 Å². The lowest BCUT2D eigenvalue weighted by Gasteiger charge is -2.26. The van der Waals surface area contributed by atoms with E-state index in [0.29, 0.717) is 17.7 Å². The minimum absolute atomic E-state index is 0.0172. The first-order valence-corrected chi connectivity index (χ1v) is 6.23. The molecule has 2 aliphatic carbocycles. The van der Waals surface area contributed by atoms with E-state index in [1.165, 1.54) is 6.42 Å². The normalized spacial score (nSPS) is 35.2. The molecule has 2 aliphatic rings. The van der Waals surface area contributed by atoms with Gasteiger partial charge in [0.15, 0.2) is 0 Å². The zero-order valence-corrected chi connectivity index (χ0v) is 9.94. The monoisotopic (exact) mass is 234 g/mol. The van der Waals surface area contributed by atoms with Crippen LogP contribution < -0.4 is 11.1 Å². The smallest absolute Gasteiger partial charge is 0.230 e. The summed E-state index contributed by atoms with van der Waals surface area (Å²) in [6, 6.07) is 0.0389. The largest absolute Gasteiger partial charge is 0.327 e. The summed E-state index contributed by atoms with van der Waals surface area (Å²) < 4.78 is 0. The summed E-state index contributed by atoms with van der Waals surface area (Å²) in [6.45, 7) is 1.92. The van der Waals surface area contributed by atoms with Crippen molar-refractivity contribution < 1.29 is 4.79 Å². The molecule has 4 N–H and O–H groups in total. The van der Waals surface area contributed by atoms with Gasteiger partial charge in [-0.2, -0.15) is 5.10 Å². The quantitative estimate of drug-likeness (QED) is 0.714. The first kappa shape index (κ1) is 10.8. The number of hydrogen-bond donors (Lipinski definition) is 3. The highest BCUT2D eigenvalue weighted by molar-refractivity contribution is 5.93. The molecule has 0 radical (unpaired) electrons. The van der Waals surface area contributed by atoms with Gasteiger partial charge >= 0.3 is 0 Å². The third-order valence-corrected chi connectivity index (χ3v) is 4.36. The van der Waals surface area contributed by atoms with Gasteiger partial charge in [-0.15, -0.1) is 0 Å². The molecule has 4 atom stereocenters. The molecule has 0 aliphatic heterocycles. The van der Waals surface area contributed by atoms with Crippen molar-refractivity contribution in [3.05, 3.63) is 11.8 Å². The van der Waals surface area contributed by atoms with E-state index < -0.39 is 0 Å². The molecule has 1 aromatic heterocycles. The summed E-state index contributed by atoms with van der Waals surface area (Å²) in [5.74, 6) is 1.77. The van der Waals surface area contributed by atoms with Crippen LogP contribution in [0.1, 0.15) is 24.8 Å². The van der Waals surface area contributed by atoms with Crippen LogP contribution in [0.3, 0.4) is 0 Å². The summed E-state index contributed by atoms with van der Waals surface area (Å²) in [7, 11) is 0. The molecule has 3 rings (SSSR count). The Morgan fingerprint density at radius 3 is 2.88 bits per heavy atom. The maximum absolute atomic E-state index is 12.2. The number of carbonyl (C=O) groups excluding carboxylic acids is 1. The van der Waals surface area contributed by atoms with Gasteiger partial charge in [0.05, 0.1) is 12.1 Å². The number of anilines is 1. The van der Waals surface area contributed by atoms with Crippen LogP contribution in [0.4, 0.5) is 5.82 Å². The number of carbonyl (C=O) groups is 1. The molecule has 2 fully saturated rings. The lowest BCUT2D eigenvalue weighted by atomic mass is 9.84. The Kier molecular flexibility index (Phi) is 2.43. The average molecular weight is 234 g/mol. The summed E-state index contributed by atoms with van der Waals surface area (Å²) in [5, 5.41) is 9.60. The third kappa shape index (κ3) is 1.65. The number of aryl methyl sites for hydroxylation is 1. The van der Waals surface area contributed by atoms with E-state index >= 15 is 0 Å². The van der Waals surface area contributed by atoms with Crippen molar-refractivity contribution in [2.45, 2.75) is 32.2 Å². The number of fused-ring (bicyclic) bond motifs is 2. The number of aromatic nitrogens is 2. The van der Waals surface area contributed by atoms with E-state index in [2.05, 4.69) is 15.5 Å². The molecule has 5 nitrogen and oxygen atoms in total. The molecular weight excluding hydrogens is 216 g/mol. The molecular formula is C12H18N4O. The molecule has 1 heterocycles. The number of amides is 1. The van der Waals surface area contributed by atoms with Crippen LogP contribution in [-0.2, 0) is 4.79 Å². The minimum Gasteiger partial charge on any atom is -0.327 e. The summed E-state index contributed by atoms with van der Waals surface area (Å²) in [5.41, 5.74) is 7.10. The number of nitrogens with one attached hydrogen (secondary N) is 2. The van der Waals surface area contributed by atoms with Crippen molar-refractivity contribution >= 4 is 11.7 Å². The van der Waals surface area contributed by atoms with Gasteiger partial charge in [-0.05, 0) is 38.0 Å². The van der Waals surface area contributed by atoms with E-state index in [4.69, 9.17) is 5.73 Å². The standard InChI is InChI=1S/C12H18N4O/c1-6-5-14-16-11(6)15-12(17)9-7-2-3-8(4-7)10(9)13/h5,7-10H,2-4,13H2,1H3,(H2,14,15,16,17). The van der Waals surface area contributed by atoms with E-state index in [0.717, 1.165) is 18.4 Å². The second-order valence-electron chi connectivity index (χ2n) is 5.35. The number of aromatic amines is 1. The fourth-order valence-corrected chi connectivity index (χ4v) is 3.40. The molecule has 2 bridgehead atoms. The van der Waals surface area contributed by atoms with Crippen LogP contribution in [0.2, 0.25) is 0 Å².